The van der Waals surface area contributed by atoms with E-state index in [1.807, 2.05) is 0 Å². The van der Waals surface area contributed by atoms with Gasteiger partial charge in [-0.3, -0.25) is 0 Å². The lowest BCUT2D eigenvalue weighted by Crippen LogP contribution is -2.32. The van der Waals surface area contributed by atoms with E-state index in [1.165, 1.54) is 43.5 Å². The van der Waals surface area contributed by atoms with Gasteiger partial charge in [0.1, 0.15) is 0 Å². The number of likely N-dealkylation sites (tertiary alicyclic amines) is 1. The summed E-state index contributed by atoms with van der Waals surface area (Å²) in [6.45, 7) is 12.8. The Bertz CT molecular complexity index is 429. The highest BCUT2D eigenvalue weighted by Gasteiger charge is 2.26. The molecular weight excluding hydrogens is 256 g/mol. The SMILES string of the molecule is CCCNC(CCN1CC(C)CC1C)c1cccc(C)c1. The molecule has 0 aliphatic carbocycles. The van der Waals surface area contributed by atoms with Gasteiger partial charge in [0, 0.05) is 25.2 Å². The molecule has 118 valence electrons. The summed E-state index contributed by atoms with van der Waals surface area (Å²) in [5.74, 6) is 0.862. The van der Waals surface area contributed by atoms with Gasteiger partial charge in [-0.1, -0.05) is 43.7 Å². The Morgan fingerprint density at radius 1 is 1.33 bits per heavy atom. The normalized spacial score (nSPS) is 24.4. The molecular formula is C19H32N2. The fourth-order valence-electron chi connectivity index (χ4n) is 3.58. The van der Waals surface area contributed by atoms with Crippen LogP contribution in [0.2, 0.25) is 0 Å². The van der Waals surface area contributed by atoms with Gasteiger partial charge in [0.05, 0.1) is 0 Å². The summed E-state index contributed by atoms with van der Waals surface area (Å²) in [6, 6.07) is 10.2. The minimum absolute atomic E-state index is 0.493. The van der Waals surface area contributed by atoms with E-state index in [9.17, 15) is 0 Å². The van der Waals surface area contributed by atoms with Crippen LogP contribution in [-0.2, 0) is 0 Å². The van der Waals surface area contributed by atoms with Crippen LogP contribution in [0.25, 0.3) is 0 Å². The minimum atomic E-state index is 0.493. The molecule has 0 spiro atoms. The molecule has 1 aromatic carbocycles. The molecule has 1 saturated heterocycles. The maximum atomic E-state index is 3.74. The number of aryl methyl sites for hydroxylation is 1. The minimum Gasteiger partial charge on any atom is -0.310 e. The van der Waals surface area contributed by atoms with Crippen molar-refractivity contribution in [1.29, 1.82) is 0 Å². The third-order valence-corrected chi connectivity index (χ3v) is 4.70. The van der Waals surface area contributed by atoms with E-state index in [-0.39, 0.29) is 0 Å². The number of hydrogen-bond donors (Lipinski definition) is 1. The topological polar surface area (TPSA) is 15.3 Å². The average Bonchev–Trinajstić information content (AvgIpc) is 2.77. The quantitative estimate of drug-likeness (QED) is 0.810. The largest absolute Gasteiger partial charge is 0.310 e. The van der Waals surface area contributed by atoms with Gasteiger partial charge in [-0.25, -0.2) is 0 Å². The molecule has 0 aromatic heterocycles. The maximum absolute atomic E-state index is 3.74. The number of rotatable bonds is 7. The van der Waals surface area contributed by atoms with Crippen LogP contribution in [-0.4, -0.2) is 30.6 Å². The molecule has 3 atom stereocenters. The van der Waals surface area contributed by atoms with E-state index in [0.717, 1.165) is 18.5 Å². The van der Waals surface area contributed by atoms with Crippen molar-refractivity contribution in [1.82, 2.24) is 10.2 Å². The molecule has 21 heavy (non-hydrogen) atoms. The van der Waals surface area contributed by atoms with E-state index in [0.29, 0.717) is 6.04 Å². The lowest BCUT2D eigenvalue weighted by atomic mass is 10.0. The van der Waals surface area contributed by atoms with Crippen LogP contribution in [0.1, 0.15) is 57.2 Å². The summed E-state index contributed by atoms with van der Waals surface area (Å²) in [5, 5.41) is 3.74. The summed E-state index contributed by atoms with van der Waals surface area (Å²) >= 11 is 0. The van der Waals surface area contributed by atoms with E-state index < -0.39 is 0 Å². The Morgan fingerprint density at radius 3 is 2.76 bits per heavy atom. The highest BCUT2D eigenvalue weighted by atomic mass is 15.2. The highest BCUT2D eigenvalue weighted by molar-refractivity contribution is 5.25. The van der Waals surface area contributed by atoms with Crippen molar-refractivity contribution in [3.05, 3.63) is 35.4 Å². The predicted octanol–water partition coefficient (Wildman–Crippen LogP) is 4.16. The van der Waals surface area contributed by atoms with Crippen LogP contribution in [0, 0.1) is 12.8 Å². The zero-order valence-electron chi connectivity index (χ0n) is 14.2. The van der Waals surface area contributed by atoms with Gasteiger partial charge >= 0.3 is 0 Å². The number of hydrogen-bond acceptors (Lipinski definition) is 2. The third-order valence-electron chi connectivity index (χ3n) is 4.70. The van der Waals surface area contributed by atoms with Crippen LogP contribution in [0.4, 0.5) is 0 Å². The fraction of sp³-hybridized carbons (Fsp3) is 0.684. The van der Waals surface area contributed by atoms with Crippen molar-refractivity contribution in [2.75, 3.05) is 19.6 Å². The molecule has 1 fully saturated rings. The standard InChI is InChI=1S/C19H32N2/c1-5-10-20-19(18-8-6-7-15(2)13-18)9-11-21-14-16(3)12-17(21)4/h6-8,13,16-17,19-20H,5,9-12,14H2,1-4H3. The maximum Gasteiger partial charge on any atom is 0.0332 e. The molecule has 3 unspecified atom stereocenters. The van der Waals surface area contributed by atoms with Crippen molar-refractivity contribution in [3.8, 4) is 0 Å². The molecule has 0 bridgehead atoms. The van der Waals surface area contributed by atoms with Gasteiger partial charge in [0.15, 0.2) is 0 Å². The van der Waals surface area contributed by atoms with Gasteiger partial charge < -0.3 is 10.2 Å². The first kappa shape index (κ1) is 16.5. The van der Waals surface area contributed by atoms with Crippen molar-refractivity contribution in [3.63, 3.8) is 0 Å². The first-order chi connectivity index (χ1) is 10.1. The third kappa shape index (κ3) is 4.82. The molecule has 1 N–H and O–H groups in total. The van der Waals surface area contributed by atoms with E-state index in [1.54, 1.807) is 0 Å². The molecule has 1 heterocycles. The molecule has 1 aromatic rings. The smallest absolute Gasteiger partial charge is 0.0332 e. The zero-order valence-corrected chi connectivity index (χ0v) is 14.2. The molecule has 0 saturated carbocycles. The van der Waals surface area contributed by atoms with Crippen molar-refractivity contribution in [2.45, 2.75) is 59.0 Å². The van der Waals surface area contributed by atoms with Crippen LogP contribution in [0.5, 0.6) is 0 Å². The average molecular weight is 288 g/mol. The summed E-state index contributed by atoms with van der Waals surface area (Å²) in [4.78, 5) is 2.67. The fourth-order valence-corrected chi connectivity index (χ4v) is 3.58. The number of nitrogens with zero attached hydrogens (tertiary/aromatic N) is 1. The second-order valence-corrected chi connectivity index (χ2v) is 6.89. The van der Waals surface area contributed by atoms with Crippen molar-refractivity contribution >= 4 is 0 Å². The monoisotopic (exact) mass is 288 g/mol. The van der Waals surface area contributed by atoms with Gasteiger partial charge in [-0.2, -0.15) is 0 Å². The molecule has 2 rings (SSSR count). The zero-order chi connectivity index (χ0) is 15.2. The predicted molar refractivity (Wildman–Crippen MR) is 91.6 cm³/mol. The van der Waals surface area contributed by atoms with Gasteiger partial charge in [-0.05, 0) is 51.1 Å². The summed E-state index contributed by atoms with van der Waals surface area (Å²) < 4.78 is 0. The van der Waals surface area contributed by atoms with E-state index >= 15 is 0 Å². The second-order valence-electron chi connectivity index (χ2n) is 6.89. The van der Waals surface area contributed by atoms with Gasteiger partial charge in [0.2, 0.25) is 0 Å². The Kier molecular flexibility index (Phi) is 6.25. The van der Waals surface area contributed by atoms with Crippen LogP contribution < -0.4 is 5.32 Å². The first-order valence-electron chi connectivity index (χ1n) is 8.64. The molecule has 0 amide bonds. The molecule has 2 heteroatoms. The van der Waals surface area contributed by atoms with Crippen LogP contribution in [0.15, 0.2) is 24.3 Å². The van der Waals surface area contributed by atoms with Crippen molar-refractivity contribution in [2.24, 2.45) is 5.92 Å². The molecule has 2 nitrogen and oxygen atoms in total. The van der Waals surface area contributed by atoms with E-state index in [2.05, 4.69) is 62.2 Å². The van der Waals surface area contributed by atoms with Gasteiger partial charge in [0.25, 0.3) is 0 Å². The Hall–Kier alpha value is -0.860. The lowest BCUT2D eigenvalue weighted by molar-refractivity contribution is 0.248. The Morgan fingerprint density at radius 2 is 2.14 bits per heavy atom. The Balaban J connectivity index is 1.96. The second kappa shape index (κ2) is 7.95. The van der Waals surface area contributed by atoms with Gasteiger partial charge in [-0.15, -0.1) is 0 Å². The number of benzene rings is 1. The summed E-state index contributed by atoms with van der Waals surface area (Å²) in [5.41, 5.74) is 2.81. The van der Waals surface area contributed by atoms with Crippen LogP contribution >= 0.6 is 0 Å². The lowest BCUT2D eigenvalue weighted by Gasteiger charge is -2.25. The van der Waals surface area contributed by atoms with Crippen molar-refractivity contribution < 1.29 is 0 Å². The van der Waals surface area contributed by atoms with E-state index in [4.69, 9.17) is 0 Å². The first-order valence-corrected chi connectivity index (χ1v) is 8.64. The summed E-state index contributed by atoms with van der Waals surface area (Å²) in [7, 11) is 0. The summed E-state index contributed by atoms with van der Waals surface area (Å²) in [6.07, 6.45) is 3.76. The molecule has 0 radical (unpaired) electrons. The highest BCUT2D eigenvalue weighted by Crippen LogP contribution is 2.25. The number of nitrogens with one attached hydrogen (secondary N) is 1. The molecule has 1 aliphatic heterocycles. The van der Waals surface area contributed by atoms with Crippen LogP contribution in [0.3, 0.4) is 0 Å². The Labute approximate surface area is 130 Å². The molecule has 1 aliphatic rings.